The van der Waals surface area contributed by atoms with Crippen LogP contribution in [0.2, 0.25) is 0 Å². The Hall–Kier alpha value is -5.41. The van der Waals surface area contributed by atoms with Gasteiger partial charge in [0.1, 0.15) is 45.7 Å². The molecule has 0 amide bonds. The maximum atomic E-state index is 11.2. The van der Waals surface area contributed by atoms with Gasteiger partial charge in [-0.25, -0.2) is 0 Å². The number of hydrogen-bond donors (Lipinski definition) is 6. The molecule has 0 atom stereocenters. The number of benzene rings is 6. The maximum absolute atomic E-state index is 11.2. The summed E-state index contributed by atoms with van der Waals surface area (Å²) in [6, 6.07) is 27.0. The average Bonchev–Trinajstić information content (AvgIpc) is 3.04. The first-order valence-corrected chi connectivity index (χ1v) is 16.5. The molecule has 17 heteroatoms. The van der Waals surface area contributed by atoms with Crippen molar-refractivity contribution in [3.8, 4) is 23.0 Å². The van der Waals surface area contributed by atoms with Gasteiger partial charge in [0.15, 0.2) is 0 Å². The number of nitrogens with zero attached hydrogens (tertiary/aromatic N) is 4. The Kier molecular flexibility index (Phi) is 11.0. The summed E-state index contributed by atoms with van der Waals surface area (Å²) in [4.78, 5) is -0.840. The molecule has 0 radical (unpaired) electrons. The van der Waals surface area contributed by atoms with Crippen LogP contribution < -0.4 is 0 Å². The van der Waals surface area contributed by atoms with Crippen molar-refractivity contribution in [2.75, 3.05) is 0 Å². The summed E-state index contributed by atoms with van der Waals surface area (Å²) < 4.78 is 62.8. The minimum absolute atomic E-state index is 0. The first kappa shape index (κ1) is 36.4. The zero-order valence-corrected chi connectivity index (χ0v) is 27.6. The Morgan fingerprint density at radius 3 is 1.16 bits per heavy atom. The second kappa shape index (κ2) is 14.8. The van der Waals surface area contributed by atoms with E-state index in [4.69, 9.17) is 9.11 Å². The quantitative estimate of drug-likeness (QED) is 0.0706. The molecule has 6 aromatic carbocycles. The first-order valence-electron chi connectivity index (χ1n) is 13.6. The van der Waals surface area contributed by atoms with Gasteiger partial charge in [-0.3, -0.25) is 9.11 Å². The van der Waals surface area contributed by atoms with Gasteiger partial charge < -0.3 is 20.4 Å². The second-order valence-electron chi connectivity index (χ2n) is 9.96. The van der Waals surface area contributed by atoms with Crippen LogP contribution >= 0.6 is 0 Å². The Morgan fingerprint density at radius 1 is 0.449 bits per heavy atom. The van der Waals surface area contributed by atoms with Crippen molar-refractivity contribution in [3.05, 3.63) is 109 Å². The third kappa shape index (κ3) is 8.55. The Bertz CT molecular complexity index is 2320. The van der Waals surface area contributed by atoms with Crippen molar-refractivity contribution < 1.29 is 68.0 Å². The third-order valence-corrected chi connectivity index (χ3v) is 8.46. The molecule has 0 aliphatic heterocycles. The predicted octanol–water partition coefficient (Wildman–Crippen LogP) is 8.16. The number of phenolic OH excluding ortho intramolecular Hbond substituents is 4. The van der Waals surface area contributed by atoms with Crippen LogP contribution in [0.15, 0.2) is 139 Å². The molecule has 0 aliphatic carbocycles. The van der Waals surface area contributed by atoms with Crippen LogP contribution in [-0.4, -0.2) is 46.4 Å². The number of azo groups is 2. The van der Waals surface area contributed by atoms with Crippen molar-refractivity contribution in [1.29, 1.82) is 0 Å². The number of aromatic hydroxyl groups is 4. The van der Waals surface area contributed by atoms with E-state index in [0.29, 0.717) is 10.8 Å². The third-order valence-electron chi connectivity index (χ3n) is 6.76. The van der Waals surface area contributed by atoms with Gasteiger partial charge in [0.2, 0.25) is 0 Å². The molecule has 6 rings (SSSR count). The molecule has 0 aliphatic rings. The standard InChI is InChI=1S/2C16H12N2O5S.Cr/c2*19-14-8-6-11(24(21,22)23)9-13(14)17-18-16-12-4-2-1-3-10(12)5-7-15(16)20;/h2*1-9,19-20H,(H,21,22,23);/p+3. The zero-order valence-electron chi connectivity index (χ0n) is 27.7. The van der Waals surface area contributed by atoms with Gasteiger partial charge >= 0.3 is 4.28 Å². The van der Waals surface area contributed by atoms with E-state index in [1.54, 1.807) is 36.4 Å². The molecule has 0 aromatic heterocycles. The Morgan fingerprint density at radius 2 is 0.796 bits per heavy atom. The van der Waals surface area contributed by atoms with E-state index in [0.717, 1.165) is 47.2 Å². The zero-order chi connectivity index (χ0) is 34.6. The molecule has 0 bridgehead atoms. The molecule has 0 fully saturated rings. The summed E-state index contributed by atoms with van der Waals surface area (Å²) in [6.07, 6.45) is 0. The fraction of sp³-hybridized carbons (Fsp3) is 0. The van der Waals surface area contributed by atoms with Gasteiger partial charge in [0, 0.05) is 28.1 Å². The van der Waals surface area contributed by atoms with Crippen LogP contribution in [0, 0.1) is 0 Å². The predicted molar refractivity (Wildman–Crippen MR) is 179 cm³/mol. The largest absolute Gasteiger partial charge is 1.00 e. The van der Waals surface area contributed by atoms with E-state index in [2.05, 4.69) is 20.5 Å². The fourth-order valence-electron chi connectivity index (χ4n) is 4.39. The number of rotatable bonds is 6. The van der Waals surface area contributed by atoms with Crippen LogP contribution in [0.25, 0.3) is 21.5 Å². The molecule has 6 aromatic rings. The van der Waals surface area contributed by atoms with Crippen molar-refractivity contribution in [2.24, 2.45) is 20.5 Å². The van der Waals surface area contributed by atoms with Crippen LogP contribution in [0.3, 0.4) is 0 Å². The summed E-state index contributed by atoms with van der Waals surface area (Å²) in [5, 5.41) is 57.9. The molecule has 14 nitrogen and oxygen atoms in total. The minimum atomic E-state index is -4.43. The molecule has 250 valence electrons. The molecule has 0 saturated heterocycles. The smallest absolute Gasteiger partial charge is 0.506 e. The molecule has 49 heavy (non-hydrogen) atoms. The molecule has 6 N–H and O–H groups in total. The molecule has 0 spiro atoms. The minimum Gasteiger partial charge on any atom is -0.506 e. The van der Waals surface area contributed by atoms with Gasteiger partial charge in [-0.1, -0.05) is 60.7 Å². The summed E-state index contributed by atoms with van der Waals surface area (Å²) in [5.74, 6) is -0.845. The molecule has 0 unspecified atom stereocenters. The monoisotopic (exact) mass is 743 g/mol. The van der Waals surface area contributed by atoms with E-state index < -0.39 is 30.0 Å². The van der Waals surface area contributed by atoms with Crippen LogP contribution in [-0.2, 0) is 37.6 Å². The number of phenols is 4. The second-order valence-corrected chi connectivity index (χ2v) is 12.8. The van der Waals surface area contributed by atoms with E-state index in [-0.39, 0.29) is 67.4 Å². The first-order chi connectivity index (χ1) is 22.7. The molecular formula is C32H27CrN4O10S2+3. The summed E-state index contributed by atoms with van der Waals surface area (Å²) in [7, 11) is -8.86. The van der Waals surface area contributed by atoms with Gasteiger partial charge in [-0.15, -0.1) is 20.5 Å². The maximum Gasteiger partial charge on any atom is 1.00 e. The van der Waals surface area contributed by atoms with Gasteiger partial charge in [-0.2, -0.15) is 16.8 Å². The SMILES string of the molecule is O=S(=O)(O)c1ccc(O)c(N=Nc2c(O)ccc3ccccc23)c1.O=S(=O)(O)c1ccc(O)c(N=Nc2c(O)ccc3ccccc23)c1.[Cr].[H+].[H+].[H+]. The van der Waals surface area contributed by atoms with Gasteiger partial charge in [0.25, 0.3) is 20.2 Å². The van der Waals surface area contributed by atoms with Crippen LogP contribution in [0.1, 0.15) is 4.28 Å². The summed E-state index contributed by atoms with van der Waals surface area (Å²) >= 11 is 0. The number of hydrogen-bond acceptors (Lipinski definition) is 12. The number of fused-ring (bicyclic) bond motifs is 2. The average molecular weight is 744 g/mol. The van der Waals surface area contributed by atoms with Crippen LogP contribution in [0.5, 0.6) is 23.0 Å². The molecule has 0 saturated carbocycles. The summed E-state index contributed by atoms with van der Waals surface area (Å²) in [5.41, 5.74) is 0.0597. The van der Waals surface area contributed by atoms with Crippen molar-refractivity contribution in [2.45, 2.75) is 9.79 Å². The van der Waals surface area contributed by atoms with Crippen molar-refractivity contribution in [3.63, 3.8) is 0 Å². The van der Waals surface area contributed by atoms with Crippen molar-refractivity contribution in [1.82, 2.24) is 0 Å². The van der Waals surface area contributed by atoms with E-state index >= 15 is 0 Å². The Labute approximate surface area is 294 Å². The van der Waals surface area contributed by atoms with Gasteiger partial charge in [-0.05, 0) is 59.3 Å². The van der Waals surface area contributed by atoms with E-state index in [1.165, 1.54) is 12.1 Å². The Balaban J connectivity index is 0.000000483. The van der Waals surface area contributed by atoms with Gasteiger partial charge in [0.05, 0.1) is 9.79 Å². The van der Waals surface area contributed by atoms with E-state index in [9.17, 15) is 37.3 Å². The fourth-order valence-corrected chi connectivity index (χ4v) is 5.39. The topological polar surface area (TPSA) is 239 Å². The van der Waals surface area contributed by atoms with Crippen LogP contribution in [0.4, 0.5) is 22.7 Å². The summed E-state index contributed by atoms with van der Waals surface area (Å²) in [6.45, 7) is 0. The molecular weight excluding hydrogens is 716 g/mol. The van der Waals surface area contributed by atoms with Crippen molar-refractivity contribution >= 4 is 64.5 Å². The molecule has 0 heterocycles. The normalized spacial score (nSPS) is 11.8. The van der Waals surface area contributed by atoms with E-state index in [1.807, 2.05) is 24.3 Å².